The van der Waals surface area contributed by atoms with E-state index in [0.717, 1.165) is 11.1 Å². The normalized spacial score (nSPS) is 10.4. The third-order valence-electron chi connectivity index (χ3n) is 3.97. The van der Waals surface area contributed by atoms with Crippen LogP contribution in [0.3, 0.4) is 0 Å². The molecule has 3 rings (SSSR count). The number of carbonyl (C=O) groups is 2. The number of aryl methyl sites for hydroxylation is 2. The summed E-state index contributed by atoms with van der Waals surface area (Å²) in [5.41, 5.74) is 7.34. The highest BCUT2D eigenvalue weighted by molar-refractivity contribution is 5.95. The Labute approximate surface area is 156 Å². The van der Waals surface area contributed by atoms with Gasteiger partial charge in [-0.25, -0.2) is 4.68 Å². The lowest BCUT2D eigenvalue weighted by Gasteiger charge is -2.07. The summed E-state index contributed by atoms with van der Waals surface area (Å²) in [7, 11) is 0. The van der Waals surface area contributed by atoms with Gasteiger partial charge >= 0.3 is 0 Å². The number of aromatic hydroxyl groups is 1. The van der Waals surface area contributed by atoms with Crippen LogP contribution < -0.4 is 10.9 Å². The second kappa shape index (κ2) is 8.18. The molecule has 0 aliphatic rings. The first kappa shape index (κ1) is 18.2. The van der Waals surface area contributed by atoms with Crippen molar-refractivity contribution in [3.05, 3.63) is 77.6 Å². The molecular formula is C20H20N4O3. The first-order valence-corrected chi connectivity index (χ1v) is 8.52. The van der Waals surface area contributed by atoms with Crippen molar-refractivity contribution in [2.45, 2.75) is 19.8 Å². The first-order valence-electron chi connectivity index (χ1n) is 8.52. The summed E-state index contributed by atoms with van der Waals surface area (Å²) in [6.45, 7) is 1.99. The fraction of sp³-hybridized carbons (Fsp3) is 0.150. The van der Waals surface area contributed by atoms with Gasteiger partial charge in [0.15, 0.2) is 11.4 Å². The summed E-state index contributed by atoms with van der Waals surface area (Å²) in [5, 5.41) is 14.0. The monoisotopic (exact) mass is 364 g/mol. The van der Waals surface area contributed by atoms with Gasteiger partial charge in [0.25, 0.3) is 5.91 Å². The zero-order chi connectivity index (χ0) is 19.2. The zero-order valence-electron chi connectivity index (χ0n) is 14.8. The van der Waals surface area contributed by atoms with Crippen LogP contribution in [-0.2, 0) is 11.2 Å². The Hall–Kier alpha value is -3.61. The van der Waals surface area contributed by atoms with Gasteiger partial charge in [0.2, 0.25) is 5.91 Å². The number of carbonyl (C=O) groups excluding carboxylic acids is 2. The van der Waals surface area contributed by atoms with Crippen LogP contribution in [0.25, 0.3) is 5.69 Å². The number of amides is 2. The fourth-order valence-electron chi connectivity index (χ4n) is 2.61. The zero-order valence-corrected chi connectivity index (χ0v) is 14.8. The molecule has 138 valence electrons. The number of nitrogens with zero attached hydrogens (tertiary/aromatic N) is 2. The van der Waals surface area contributed by atoms with E-state index in [2.05, 4.69) is 16.0 Å². The van der Waals surface area contributed by atoms with Crippen molar-refractivity contribution in [1.29, 1.82) is 0 Å². The molecule has 0 unspecified atom stereocenters. The van der Waals surface area contributed by atoms with Crippen molar-refractivity contribution >= 4 is 11.8 Å². The van der Waals surface area contributed by atoms with Crippen LogP contribution in [0.1, 0.15) is 28.0 Å². The van der Waals surface area contributed by atoms with E-state index in [1.807, 2.05) is 49.4 Å². The van der Waals surface area contributed by atoms with Gasteiger partial charge in [-0.05, 0) is 31.0 Å². The molecule has 0 saturated heterocycles. The minimum absolute atomic E-state index is 0.169. The number of hydrazine groups is 1. The van der Waals surface area contributed by atoms with Crippen molar-refractivity contribution in [2.24, 2.45) is 0 Å². The first-order chi connectivity index (χ1) is 13.0. The predicted octanol–water partition coefficient (Wildman–Crippen LogP) is 2.28. The molecule has 7 nitrogen and oxygen atoms in total. The molecule has 0 fully saturated rings. The molecule has 1 aromatic heterocycles. The van der Waals surface area contributed by atoms with E-state index >= 15 is 0 Å². The average molecular weight is 364 g/mol. The summed E-state index contributed by atoms with van der Waals surface area (Å²) >= 11 is 0. The van der Waals surface area contributed by atoms with Crippen molar-refractivity contribution < 1.29 is 14.7 Å². The van der Waals surface area contributed by atoms with Gasteiger partial charge in [-0.2, -0.15) is 5.10 Å². The van der Waals surface area contributed by atoms with Gasteiger partial charge in [-0.15, -0.1) is 0 Å². The highest BCUT2D eigenvalue weighted by atomic mass is 16.3. The molecule has 0 atom stereocenters. The smallest absolute Gasteiger partial charge is 0.294 e. The maximum Gasteiger partial charge on any atom is 0.294 e. The molecule has 3 aromatic rings. The van der Waals surface area contributed by atoms with E-state index in [-0.39, 0.29) is 23.8 Å². The lowest BCUT2D eigenvalue weighted by atomic mass is 10.1. The van der Waals surface area contributed by atoms with Crippen LogP contribution in [0, 0.1) is 6.92 Å². The van der Waals surface area contributed by atoms with Crippen LogP contribution in [0.5, 0.6) is 5.75 Å². The highest BCUT2D eigenvalue weighted by Gasteiger charge is 2.17. The minimum Gasteiger partial charge on any atom is -0.504 e. The van der Waals surface area contributed by atoms with Crippen LogP contribution in [-0.4, -0.2) is 26.7 Å². The molecular weight excluding hydrogens is 344 g/mol. The molecule has 7 heteroatoms. The minimum atomic E-state index is -0.689. The third kappa shape index (κ3) is 4.72. The van der Waals surface area contributed by atoms with E-state index < -0.39 is 5.91 Å². The largest absolute Gasteiger partial charge is 0.504 e. The summed E-state index contributed by atoms with van der Waals surface area (Å²) in [5.74, 6) is -1.29. The van der Waals surface area contributed by atoms with Crippen molar-refractivity contribution in [3.8, 4) is 11.4 Å². The maximum absolute atomic E-state index is 12.2. The van der Waals surface area contributed by atoms with E-state index in [1.165, 1.54) is 10.9 Å². The lowest BCUT2D eigenvalue weighted by Crippen LogP contribution is -2.42. The van der Waals surface area contributed by atoms with E-state index in [9.17, 15) is 14.7 Å². The third-order valence-corrected chi connectivity index (χ3v) is 3.97. The second-order valence-corrected chi connectivity index (χ2v) is 6.13. The standard InChI is InChI=1S/C20H20N4O3/c1-14-6-5-7-15(12-14)10-11-18(26)21-22-20(27)19-17(25)13-24(23-19)16-8-3-2-4-9-16/h2-9,12-13,25H,10-11H2,1H3,(H,21,26)(H,22,27). The number of benzene rings is 2. The van der Waals surface area contributed by atoms with Crippen molar-refractivity contribution in [3.63, 3.8) is 0 Å². The Morgan fingerprint density at radius 3 is 2.59 bits per heavy atom. The molecule has 0 aliphatic heterocycles. The molecule has 27 heavy (non-hydrogen) atoms. The Balaban J connectivity index is 1.54. The molecule has 2 aromatic carbocycles. The molecule has 3 N–H and O–H groups in total. The Bertz CT molecular complexity index is 951. The Morgan fingerprint density at radius 2 is 1.85 bits per heavy atom. The summed E-state index contributed by atoms with van der Waals surface area (Å²) in [6.07, 6.45) is 2.13. The van der Waals surface area contributed by atoms with Gasteiger partial charge in [-0.1, -0.05) is 48.0 Å². The number of hydrogen-bond donors (Lipinski definition) is 3. The van der Waals surface area contributed by atoms with Crippen LogP contribution in [0.2, 0.25) is 0 Å². The van der Waals surface area contributed by atoms with Gasteiger partial charge in [0.05, 0.1) is 11.9 Å². The van der Waals surface area contributed by atoms with E-state index in [4.69, 9.17) is 0 Å². The van der Waals surface area contributed by atoms with Crippen LogP contribution in [0.15, 0.2) is 60.8 Å². The Kier molecular flexibility index (Phi) is 5.51. The number of hydrogen-bond acceptors (Lipinski definition) is 4. The molecule has 2 amide bonds. The molecule has 0 spiro atoms. The van der Waals surface area contributed by atoms with Gasteiger partial charge in [0, 0.05) is 6.42 Å². The highest BCUT2D eigenvalue weighted by Crippen LogP contribution is 2.17. The van der Waals surface area contributed by atoms with E-state index in [0.29, 0.717) is 12.1 Å². The number of nitrogens with one attached hydrogen (secondary N) is 2. The summed E-state index contributed by atoms with van der Waals surface area (Å²) in [6, 6.07) is 17.0. The topological polar surface area (TPSA) is 96.3 Å². The maximum atomic E-state index is 12.2. The molecule has 1 heterocycles. The number of rotatable bonds is 5. The molecule has 0 bridgehead atoms. The van der Waals surface area contributed by atoms with Crippen LogP contribution >= 0.6 is 0 Å². The average Bonchev–Trinajstić information content (AvgIpc) is 3.07. The molecule has 0 aliphatic carbocycles. The van der Waals surface area contributed by atoms with Crippen molar-refractivity contribution in [1.82, 2.24) is 20.6 Å². The number of aromatic nitrogens is 2. The van der Waals surface area contributed by atoms with Gasteiger partial charge in [-0.3, -0.25) is 20.4 Å². The predicted molar refractivity (Wildman–Crippen MR) is 100 cm³/mol. The summed E-state index contributed by atoms with van der Waals surface area (Å²) < 4.78 is 1.39. The lowest BCUT2D eigenvalue weighted by molar-refractivity contribution is -0.121. The Morgan fingerprint density at radius 1 is 1.07 bits per heavy atom. The quantitative estimate of drug-likeness (QED) is 0.605. The van der Waals surface area contributed by atoms with Gasteiger partial charge < -0.3 is 5.11 Å². The van der Waals surface area contributed by atoms with Crippen LogP contribution in [0.4, 0.5) is 0 Å². The second-order valence-electron chi connectivity index (χ2n) is 6.13. The van der Waals surface area contributed by atoms with Crippen molar-refractivity contribution in [2.75, 3.05) is 0 Å². The fourth-order valence-corrected chi connectivity index (χ4v) is 2.61. The van der Waals surface area contributed by atoms with Gasteiger partial charge in [0.1, 0.15) is 0 Å². The molecule has 0 radical (unpaired) electrons. The van der Waals surface area contributed by atoms with E-state index in [1.54, 1.807) is 12.1 Å². The SMILES string of the molecule is Cc1cccc(CCC(=O)NNC(=O)c2nn(-c3ccccc3)cc2O)c1. The molecule has 0 saturated carbocycles. The number of para-hydroxylation sites is 1. The summed E-state index contributed by atoms with van der Waals surface area (Å²) in [4.78, 5) is 24.1.